The highest BCUT2D eigenvalue weighted by atomic mass is 14.7. The molecule has 0 aromatic rings. The van der Waals surface area contributed by atoms with Gasteiger partial charge in [0.2, 0.25) is 0 Å². The van der Waals surface area contributed by atoms with Crippen LogP contribution in [0.5, 0.6) is 0 Å². The van der Waals surface area contributed by atoms with Crippen LogP contribution in [0.1, 0.15) is 79.1 Å². The first-order chi connectivity index (χ1) is 8.00. The Hall–Kier alpha value is -0.0400. The standard InChI is InChI=1S/C16H33N/c1-5-8-14(4)11-15(17)16(12-13(2)3)9-6-7-10-16/h13-15H,5-12,17H2,1-4H3. The van der Waals surface area contributed by atoms with E-state index in [2.05, 4.69) is 27.7 Å². The fourth-order valence-electron chi connectivity index (χ4n) is 3.91. The molecule has 1 rings (SSSR count). The van der Waals surface area contributed by atoms with Gasteiger partial charge in [0, 0.05) is 6.04 Å². The first-order valence-corrected chi connectivity index (χ1v) is 7.75. The second kappa shape index (κ2) is 6.78. The molecule has 1 saturated carbocycles. The van der Waals surface area contributed by atoms with Gasteiger partial charge in [-0.1, -0.05) is 53.4 Å². The van der Waals surface area contributed by atoms with E-state index in [1.54, 1.807) is 0 Å². The molecule has 2 atom stereocenters. The molecule has 0 saturated heterocycles. The highest BCUT2D eigenvalue weighted by molar-refractivity contribution is 4.94. The Bertz CT molecular complexity index is 204. The Morgan fingerprint density at radius 2 is 1.71 bits per heavy atom. The van der Waals surface area contributed by atoms with Crippen molar-refractivity contribution in [3.05, 3.63) is 0 Å². The maximum atomic E-state index is 6.59. The third-order valence-electron chi connectivity index (χ3n) is 4.64. The molecule has 0 heterocycles. The van der Waals surface area contributed by atoms with E-state index >= 15 is 0 Å². The summed E-state index contributed by atoms with van der Waals surface area (Å²) in [7, 11) is 0. The van der Waals surface area contributed by atoms with E-state index in [4.69, 9.17) is 5.73 Å². The molecule has 0 bridgehead atoms. The van der Waals surface area contributed by atoms with Crippen LogP contribution in [0.4, 0.5) is 0 Å². The van der Waals surface area contributed by atoms with Crippen LogP contribution in [0.25, 0.3) is 0 Å². The minimum absolute atomic E-state index is 0.439. The Morgan fingerprint density at radius 1 is 1.12 bits per heavy atom. The zero-order valence-electron chi connectivity index (χ0n) is 12.5. The van der Waals surface area contributed by atoms with Crippen LogP contribution in [0.2, 0.25) is 0 Å². The second-order valence-electron chi connectivity index (χ2n) is 6.90. The number of nitrogens with two attached hydrogens (primary N) is 1. The van der Waals surface area contributed by atoms with E-state index in [1.807, 2.05) is 0 Å². The molecule has 17 heavy (non-hydrogen) atoms. The van der Waals surface area contributed by atoms with Crippen molar-refractivity contribution < 1.29 is 0 Å². The quantitative estimate of drug-likeness (QED) is 0.682. The van der Waals surface area contributed by atoms with Gasteiger partial charge in [-0.3, -0.25) is 0 Å². The molecule has 0 amide bonds. The van der Waals surface area contributed by atoms with Crippen LogP contribution < -0.4 is 5.73 Å². The van der Waals surface area contributed by atoms with E-state index in [9.17, 15) is 0 Å². The summed E-state index contributed by atoms with van der Waals surface area (Å²) in [4.78, 5) is 0. The predicted octanol–water partition coefficient (Wildman–Crippen LogP) is 4.75. The van der Waals surface area contributed by atoms with Crippen LogP contribution in [-0.2, 0) is 0 Å². The van der Waals surface area contributed by atoms with Gasteiger partial charge in [-0.2, -0.15) is 0 Å². The van der Waals surface area contributed by atoms with Crippen molar-refractivity contribution in [1.82, 2.24) is 0 Å². The lowest BCUT2D eigenvalue weighted by Crippen LogP contribution is -2.42. The van der Waals surface area contributed by atoms with E-state index in [-0.39, 0.29) is 0 Å². The normalized spacial score (nSPS) is 22.9. The zero-order chi connectivity index (χ0) is 12.9. The molecule has 1 heteroatoms. The molecule has 1 nitrogen and oxygen atoms in total. The summed E-state index contributed by atoms with van der Waals surface area (Å²) < 4.78 is 0. The number of hydrogen-bond donors (Lipinski definition) is 1. The van der Waals surface area contributed by atoms with Crippen molar-refractivity contribution in [2.45, 2.75) is 85.1 Å². The van der Waals surface area contributed by atoms with Gasteiger partial charge in [0.1, 0.15) is 0 Å². The first-order valence-electron chi connectivity index (χ1n) is 7.75. The van der Waals surface area contributed by atoms with Crippen LogP contribution >= 0.6 is 0 Å². The Labute approximate surface area is 109 Å². The van der Waals surface area contributed by atoms with Crippen molar-refractivity contribution in [2.75, 3.05) is 0 Å². The smallest absolute Gasteiger partial charge is 0.00981 e. The van der Waals surface area contributed by atoms with Gasteiger partial charge in [-0.25, -0.2) is 0 Å². The van der Waals surface area contributed by atoms with Gasteiger partial charge >= 0.3 is 0 Å². The van der Waals surface area contributed by atoms with Crippen molar-refractivity contribution in [3.63, 3.8) is 0 Å². The van der Waals surface area contributed by atoms with Crippen LogP contribution in [0, 0.1) is 17.3 Å². The number of rotatable bonds is 7. The molecule has 1 aliphatic carbocycles. The third-order valence-corrected chi connectivity index (χ3v) is 4.64. The maximum absolute atomic E-state index is 6.59. The molecule has 0 radical (unpaired) electrons. The second-order valence-corrected chi connectivity index (χ2v) is 6.90. The van der Waals surface area contributed by atoms with Gasteiger partial charge in [0.05, 0.1) is 0 Å². The fraction of sp³-hybridized carbons (Fsp3) is 1.00. The molecule has 0 aliphatic heterocycles. The SMILES string of the molecule is CCCC(C)CC(N)C1(CC(C)C)CCCC1. The van der Waals surface area contributed by atoms with Gasteiger partial charge in [-0.15, -0.1) is 0 Å². The molecular weight excluding hydrogens is 206 g/mol. The van der Waals surface area contributed by atoms with Gasteiger partial charge < -0.3 is 5.73 Å². The highest BCUT2D eigenvalue weighted by Crippen LogP contribution is 2.46. The van der Waals surface area contributed by atoms with Gasteiger partial charge in [0.15, 0.2) is 0 Å². The zero-order valence-corrected chi connectivity index (χ0v) is 12.5. The lowest BCUT2D eigenvalue weighted by molar-refractivity contribution is 0.161. The highest BCUT2D eigenvalue weighted by Gasteiger charge is 2.39. The van der Waals surface area contributed by atoms with Crippen molar-refractivity contribution in [1.29, 1.82) is 0 Å². The summed E-state index contributed by atoms with van der Waals surface area (Å²) in [6.07, 6.45) is 10.8. The van der Waals surface area contributed by atoms with E-state index < -0.39 is 0 Å². The molecule has 2 N–H and O–H groups in total. The topological polar surface area (TPSA) is 26.0 Å². The Morgan fingerprint density at radius 3 is 2.18 bits per heavy atom. The van der Waals surface area contributed by atoms with E-state index in [0.717, 1.165) is 11.8 Å². The molecule has 1 aliphatic rings. The Balaban J connectivity index is 2.57. The molecule has 0 spiro atoms. The largest absolute Gasteiger partial charge is 0.327 e. The molecule has 1 fully saturated rings. The Kier molecular flexibility index (Phi) is 5.99. The van der Waals surface area contributed by atoms with Crippen molar-refractivity contribution in [2.24, 2.45) is 23.0 Å². The average molecular weight is 239 g/mol. The molecule has 102 valence electrons. The lowest BCUT2D eigenvalue weighted by Gasteiger charge is -2.38. The van der Waals surface area contributed by atoms with Crippen LogP contribution in [0.3, 0.4) is 0 Å². The first kappa shape index (κ1) is 15.0. The molecule has 2 unspecified atom stereocenters. The molecule has 0 aromatic heterocycles. The molecule has 0 aromatic carbocycles. The third kappa shape index (κ3) is 4.28. The summed E-state index contributed by atoms with van der Waals surface area (Å²) in [6.45, 7) is 9.35. The van der Waals surface area contributed by atoms with Gasteiger partial charge in [0.25, 0.3) is 0 Å². The average Bonchev–Trinajstić information content (AvgIpc) is 2.66. The predicted molar refractivity (Wildman–Crippen MR) is 77.0 cm³/mol. The summed E-state index contributed by atoms with van der Waals surface area (Å²) in [5.74, 6) is 1.60. The maximum Gasteiger partial charge on any atom is 0.00981 e. The van der Waals surface area contributed by atoms with E-state index in [1.165, 1.54) is 51.4 Å². The summed E-state index contributed by atoms with van der Waals surface area (Å²) in [6, 6.07) is 0.439. The van der Waals surface area contributed by atoms with Crippen LogP contribution in [-0.4, -0.2) is 6.04 Å². The summed E-state index contributed by atoms with van der Waals surface area (Å²) in [5, 5.41) is 0. The van der Waals surface area contributed by atoms with Gasteiger partial charge in [-0.05, 0) is 42.9 Å². The minimum atomic E-state index is 0.439. The van der Waals surface area contributed by atoms with Crippen molar-refractivity contribution in [3.8, 4) is 0 Å². The fourth-order valence-corrected chi connectivity index (χ4v) is 3.91. The van der Waals surface area contributed by atoms with Crippen molar-refractivity contribution >= 4 is 0 Å². The monoisotopic (exact) mass is 239 g/mol. The lowest BCUT2D eigenvalue weighted by atomic mass is 9.70. The summed E-state index contributed by atoms with van der Waals surface area (Å²) in [5.41, 5.74) is 7.08. The van der Waals surface area contributed by atoms with Crippen LogP contribution in [0.15, 0.2) is 0 Å². The van der Waals surface area contributed by atoms with E-state index in [0.29, 0.717) is 11.5 Å². The summed E-state index contributed by atoms with van der Waals surface area (Å²) >= 11 is 0. The molecular formula is C16H33N. The minimum Gasteiger partial charge on any atom is -0.327 e. The number of hydrogen-bond acceptors (Lipinski definition) is 1.